The van der Waals surface area contributed by atoms with Crippen LogP contribution in [0, 0.1) is 0 Å². The molecule has 7 heteroatoms. The number of carboxylic acid groups (broad SMARTS) is 1. The van der Waals surface area contributed by atoms with Gasteiger partial charge in [0.2, 0.25) is 0 Å². The zero-order chi connectivity index (χ0) is 10.8. The van der Waals surface area contributed by atoms with Gasteiger partial charge in [0.05, 0.1) is 0 Å². The Morgan fingerprint density at radius 1 is 1.67 bits per heavy atom. The standard InChI is InChI=1S/C8H10F2N2O2.ClH/c1-2-4-12-5-3-11-6(12)8(9,10)7(13)14;/h3,5H,2,4H2,1H3,(H,13,14);1H. The molecule has 1 aromatic heterocycles. The van der Waals surface area contributed by atoms with E-state index >= 15 is 0 Å². The molecule has 0 fully saturated rings. The first-order valence-corrected chi connectivity index (χ1v) is 4.13. The summed E-state index contributed by atoms with van der Waals surface area (Å²) in [7, 11) is 0. The summed E-state index contributed by atoms with van der Waals surface area (Å²) in [4.78, 5) is 13.6. The smallest absolute Gasteiger partial charge is 0.399 e. The zero-order valence-electron chi connectivity index (χ0n) is 7.98. The Hall–Kier alpha value is -1.17. The first kappa shape index (κ1) is 13.8. The number of alkyl halides is 2. The summed E-state index contributed by atoms with van der Waals surface area (Å²) in [5, 5.41) is 8.30. The number of halogens is 3. The average molecular weight is 241 g/mol. The van der Waals surface area contributed by atoms with Crippen LogP contribution in [0.2, 0.25) is 0 Å². The van der Waals surface area contributed by atoms with E-state index < -0.39 is 17.7 Å². The summed E-state index contributed by atoms with van der Waals surface area (Å²) in [6.45, 7) is 2.14. The van der Waals surface area contributed by atoms with Gasteiger partial charge in [0.15, 0.2) is 5.82 Å². The molecule has 4 nitrogen and oxygen atoms in total. The Bertz CT molecular complexity index is 341. The van der Waals surface area contributed by atoms with Crippen molar-refractivity contribution in [1.29, 1.82) is 0 Å². The van der Waals surface area contributed by atoms with Crippen molar-refractivity contribution in [2.75, 3.05) is 0 Å². The molecule has 0 saturated heterocycles. The van der Waals surface area contributed by atoms with Gasteiger partial charge < -0.3 is 9.67 Å². The summed E-state index contributed by atoms with van der Waals surface area (Å²) >= 11 is 0. The maximum Gasteiger partial charge on any atom is 0.399 e. The third-order valence-electron chi connectivity index (χ3n) is 1.73. The summed E-state index contributed by atoms with van der Waals surface area (Å²) in [5.74, 6) is -6.81. The SMILES string of the molecule is CCCn1ccnc1C(F)(F)C(=O)O.Cl. The topological polar surface area (TPSA) is 55.1 Å². The lowest BCUT2D eigenvalue weighted by Crippen LogP contribution is -2.29. The van der Waals surface area contributed by atoms with Crippen LogP contribution in [0.3, 0.4) is 0 Å². The van der Waals surface area contributed by atoms with Crippen molar-refractivity contribution in [3.8, 4) is 0 Å². The van der Waals surface area contributed by atoms with Gasteiger partial charge in [-0.05, 0) is 6.42 Å². The van der Waals surface area contributed by atoms with Crippen molar-refractivity contribution >= 4 is 18.4 Å². The number of rotatable bonds is 4. The Labute approximate surface area is 91.3 Å². The van der Waals surface area contributed by atoms with E-state index in [1.54, 1.807) is 0 Å². The molecule has 15 heavy (non-hydrogen) atoms. The lowest BCUT2D eigenvalue weighted by molar-refractivity contribution is -0.168. The fraction of sp³-hybridized carbons (Fsp3) is 0.500. The molecule has 0 aliphatic heterocycles. The molecule has 86 valence electrons. The molecule has 1 rings (SSSR count). The van der Waals surface area contributed by atoms with Crippen LogP contribution in [-0.4, -0.2) is 20.6 Å². The Balaban J connectivity index is 0.00000196. The number of aryl methyl sites for hydroxylation is 1. The van der Waals surface area contributed by atoms with Crippen molar-refractivity contribution in [3.05, 3.63) is 18.2 Å². The molecular weight excluding hydrogens is 230 g/mol. The van der Waals surface area contributed by atoms with Crippen LogP contribution in [0.4, 0.5) is 8.78 Å². The van der Waals surface area contributed by atoms with Gasteiger partial charge in [-0.25, -0.2) is 9.78 Å². The molecule has 0 atom stereocenters. The summed E-state index contributed by atoms with van der Waals surface area (Å²) < 4.78 is 27.2. The predicted molar refractivity (Wildman–Crippen MR) is 51.3 cm³/mol. The minimum atomic E-state index is -3.92. The molecule has 0 saturated carbocycles. The highest BCUT2D eigenvalue weighted by Gasteiger charge is 2.45. The van der Waals surface area contributed by atoms with Crippen molar-refractivity contribution in [3.63, 3.8) is 0 Å². The minimum absolute atomic E-state index is 0. The molecule has 0 unspecified atom stereocenters. The first-order valence-electron chi connectivity index (χ1n) is 4.13. The van der Waals surface area contributed by atoms with Crippen molar-refractivity contribution in [2.45, 2.75) is 25.8 Å². The Morgan fingerprint density at radius 2 is 2.27 bits per heavy atom. The molecule has 1 N–H and O–H groups in total. The molecule has 1 aromatic rings. The molecule has 0 radical (unpaired) electrons. The number of hydrogen-bond donors (Lipinski definition) is 1. The van der Waals surface area contributed by atoms with Crippen LogP contribution < -0.4 is 0 Å². The van der Waals surface area contributed by atoms with Gasteiger partial charge in [0.25, 0.3) is 0 Å². The molecule has 0 aliphatic carbocycles. The maximum atomic E-state index is 13.0. The molecular formula is C8H11ClF2N2O2. The van der Waals surface area contributed by atoms with Crippen LogP contribution in [-0.2, 0) is 17.3 Å². The van der Waals surface area contributed by atoms with Crippen molar-refractivity contribution in [2.24, 2.45) is 0 Å². The van der Waals surface area contributed by atoms with Gasteiger partial charge in [-0.2, -0.15) is 8.78 Å². The van der Waals surface area contributed by atoms with E-state index in [1.165, 1.54) is 12.4 Å². The maximum absolute atomic E-state index is 13.0. The second kappa shape index (κ2) is 5.06. The number of carboxylic acids is 1. The summed E-state index contributed by atoms with van der Waals surface area (Å²) in [6.07, 6.45) is 3.15. The summed E-state index contributed by atoms with van der Waals surface area (Å²) in [5.41, 5.74) is 0. The van der Waals surface area contributed by atoms with E-state index in [9.17, 15) is 13.6 Å². The van der Waals surface area contributed by atoms with Crippen molar-refractivity contribution < 1.29 is 18.7 Å². The van der Waals surface area contributed by atoms with E-state index in [4.69, 9.17) is 5.11 Å². The number of aromatic nitrogens is 2. The van der Waals surface area contributed by atoms with Crippen LogP contribution in [0.5, 0.6) is 0 Å². The predicted octanol–water partition coefficient (Wildman–Crippen LogP) is 1.89. The van der Waals surface area contributed by atoms with Gasteiger partial charge in [-0.15, -0.1) is 12.4 Å². The molecule has 0 amide bonds. The highest BCUT2D eigenvalue weighted by Crippen LogP contribution is 2.26. The van der Waals surface area contributed by atoms with E-state index in [2.05, 4.69) is 4.98 Å². The van der Waals surface area contributed by atoms with Gasteiger partial charge in [0.1, 0.15) is 0 Å². The Kier molecular flexibility index (Phi) is 4.67. The molecule has 0 bridgehead atoms. The number of aliphatic carboxylic acids is 1. The second-order valence-electron chi connectivity index (χ2n) is 2.82. The number of nitrogens with zero attached hydrogens (tertiary/aromatic N) is 2. The van der Waals surface area contributed by atoms with E-state index in [-0.39, 0.29) is 12.4 Å². The zero-order valence-corrected chi connectivity index (χ0v) is 8.80. The third kappa shape index (κ3) is 2.65. The fourth-order valence-corrected chi connectivity index (χ4v) is 1.11. The quantitative estimate of drug-likeness (QED) is 0.874. The summed E-state index contributed by atoms with van der Waals surface area (Å²) in [6, 6.07) is 0. The molecule has 0 aliphatic rings. The Morgan fingerprint density at radius 3 is 2.73 bits per heavy atom. The van der Waals surface area contributed by atoms with Crippen LogP contribution in [0.25, 0.3) is 0 Å². The van der Waals surface area contributed by atoms with Gasteiger partial charge in [-0.1, -0.05) is 6.92 Å². The molecule has 1 heterocycles. The highest BCUT2D eigenvalue weighted by atomic mass is 35.5. The lowest BCUT2D eigenvalue weighted by atomic mass is 10.3. The highest BCUT2D eigenvalue weighted by molar-refractivity contribution is 5.85. The van der Waals surface area contributed by atoms with Crippen LogP contribution in [0.15, 0.2) is 12.4 Å². The van der Waals surface area contributed by atoms with Gasteiger partial charge in [0, 0.05) is 18.9 Å². The van der Waals surface area contributed by atoms with E-state index in [1.807, 2.05) is 6.92 Å². The molecule has 0 aromatic carbocycles. The van der Waals surface area contributed by atoms with E-state index in [0.29, 0.717) is 13.0 Å². The number of imidazole rings is 1. The number of hydrogen-bond acceptors (Lipinski definition) is 2. The van der Waals surface area contributed by atoms with Gasteiger partial charge >= 0.3 is 11.9 Å². The van der Waals surface area contributed by atoms with Crippen LogP contribution in [0.1, 0.15) is 19.2 Å². The second-order valence-corrected chi connectivity index (χ2v) is 2.82. The number of carbonyl (C=O) groups is 1. The van der Waals surface area contributed by atoms with Gasteiger partial charge in [-0.3, -0.25) is 0 Å². The lowest BCUT2D eigenvalue weighted by Gasteiger charge is -2.12. The normalized spacial score (nSPS) is 10.9. The average Bonchev–Trinajstić information content (AvgIpc) is 2.53. The molecule has 0 spiro atoms. The minimum Gasteiger partial charge on any atom is -0.476 e. The van der Waals surface area contributed by atoms with E-state index in [0.717, 1.165) is 4.57 Å². The fourth-order valence-electron chi connectivity index (χ4n) is 1.11. The first-order chi connectivity index (χ1) is 6.50. The monoisotopic (exact) mass is 240 g/mol. The van der Waals surface area contributed by atoms with Crippen LogP contribution >= 0.6 is 12.4 Å². The third-order valence-corrected chi connectivity index (χ3v) is 1.73. The largest absolute Gasteiger partial charge is 0.476 e. The van der Waals surface area contributed by atoms with Crippen molar-refractivity contribution in [1.82, 2.24) is 9.55 Å².